The Hall–Kier alpha value is -3.26. The first-order chi connectivity index (χ1) is 14.8. The molecule has 1 aliphatic rings. The molecular formula is C23H28N4O4. The van der Waals surface area contributed by atoms with E-state index in [1.165, 1.54) is 6.07 Å². The predicted octanol–water partition coefficient (Wildman–Crippen LogP) is 3.54. The minimum atomic E-state index is -0.337. The number of aromatic nitrogens is 2. The van der Waals surface area contributed by atoms with Gasteiger partial charge in [0, 0.05) is 49.7 Å². The SMILES string of the molecule is CCNC(=O)c1noc(-c2cc(C(C)C)c(O)cc2O)c1-c1cc2n(c1)CCN(C)C2. The molecule has 0 bridgehead atoms. The summed E-state index contributed by atoms with van der Waals surface area (Å²) in [7, 11) is 2.07. The number of hydrogen-bond acceptors (Lipinski definition) is 6. The van der Waals surface area contributed by atoms with E-state index in [0.717, 1.165) is 30.9 Å². The molecule has 8 heteroatoms. The molecule has 3 heterocycles. The topological polar surface area (TPSA) is 104 Å². The summed E-state index contributed by atoms with van der Waals surface area (Å²) >= 11 is 0. The molecule has 1 aliphatic heterocycles. The van der Waals surface area contributed by atoms with Gasteiger partial charge in [-0.3, -0.25) is 9.69 Å². The van der Waals surface area contributed by atoms with Gasteiger partial charge in [0.15, 0.2) is 11.5 Å². The maximum absolute atomic E-state index is 12.7. The fraction of sp³-hybridized carbons (Fsp3) is 0.391. The quantitative estimate of drug-likeness (QED) is 0.579. The highest BCUT2D eigenvalue weighted by molar-refractivity contribution is 6.02. The number of aromatic hydroxyl groups is 2. The molecule has 31 heavy (non-hydrogen) atoms. The van der Waals surface area contributed by atoms with Gasteiger partial charge in [0.1, 0.15) is 11.5 Å². The summed E-state index contributed by atoms with van der Waals surface area (Å²) < 4.78 is 7.81. The van der Waals surface area contributed by atoms with E-state index in [1.807, 2.05) is 33.0 Å². The molecule has 164 valence electrons. The first kappa shape index (κ1) is 21.0. The van der Waals surface area contributed by atoms with Gasteiger partial charge in [-0.15, -0.1) is 0 Å². The third kappa shape index (κ3) is 3.79. The number of phenols is 2. The van der Waals surface area contributed by atoms with Crippen molar-refractivity contribution >= 4 is 5.91 Å². The van der Waals surface area contributed by atoms with Gasteiger partial charge in [-0.1, -0.05) is 19.0 Å². The van der Waals surface area contributed by atoms with Crippen molar-refractivity contribution in [1.82, 2.24) is 19.9 Å². The molecule has 3 aromatic rings. The largest absolute Gasteiger partial charge is 0.508 e. The second-order valence-corrected chi connectivity index (χ2v) is 8.33. The van der Waals surface area contributed by atoms with Crippen molar-refractivity contribution in [3.63, 3.8) is 0 Å². The van der Waals surface area contributed by atoms with Crippen LogP contribution in [0.15, 0.2) is 28.9 Å². The maximum Gasteiger partial charge on any atom is 0.274 e. The minimum absolute atomic E-state index is 0.0173. The molecule has 8 nitrogen and oxygen atoms in total. The number of benzene rings is 1. The van der Waals surface area contributed by atoms with Crippen LogP contribution < -0.4 is 5.32 Å². The summed E-state index contributed by atoms with van der Waals surface area (Å²) in [5.74, 6) is -0.118. The van der Waals surface area contributed by atoms with E-state index >= 15 is 0 Å². The fourth-order valence-corrected chi connectivity index (χ4v) is 4.05. The van der Waals surface area contributed by atoms with Gasteiger partial charge in [0.25, 0.3) is 5.91 Å². The zero-order valence-corrected chi connectivity index (χ0v) is 18.3. The normalized spacial score (nSPS) is 14.1. The number of likely N-dealkylation sites (N-methyl/N-ethyl adjacent to an activating group) is 1. The van der Waals surface area contributed by atoms with Crippen LogP contribution in [-0.4, -0.2) is 50.9 Å². The van der Waals surface area contributed by atoms with Gasteiger partial charge in [-0.25, -0.2) is 0 Å². The van der Waals surface area contributed by atoms with Crippen molar-refractivity contribution in [1.29, 1.82) is 0 Å². The van der Waals surface area contributed by atoms with Gasteiger partial charge >= 0.3 is 0 Å². The summed E-state index contributed by atoms with van der Waals surface area (Å²) in [6.45, 7) is 8.80. The maximum atomic E-state index is 12.7. The Morgan fingerprint density at radius 3 is 2.71 bits per heavy atom. The molecular weight excluding hydrogens is 396 g/mol. The average molecular weight is 425 g/mol. The monoisotopic (exact) mass is 424 g/mol. The summed E-state index contributed by atoms with van der Waals surface area (Å²) in [5.41, 5.74) is 3.71. The second-order valence-electron chi connectivity index (χ2n) is 8.33. The number of amides is 1. The van der Waals surface area contributed by atoms with Crippen LogP contribution in [0.2, 0.25) is 0 Å². The first-order valence-electron chi connectivity index (χ1n) is 10.5. The summed E-state index contributed by atoms with van der Waals surface area (Å²) in [5, 5.41) is 27.7. The smallest absolute Gasteiger partial charge is 0.274 e. The van der Waals surface area contributed by atoms with Crippen molar-refractivity contribution < 1.29 is 19.5 Å². The molecule has 0 aliphatic carbocycles. The van der Waals surface area contributed by atoms with Gasteiger partial charge in [-0.2, -0.15) is 0 Å². The Kier molecular flexibility index (Phi) is 5.49. The summed E-state index contributed by atoms with van der Waals surface area (Å²) in [6.07, 6.45) is 2.00. The number of carbonyl (C=O) groups is 1. The first-order valence-corrected chi connectivity index (χ1v) is 10.5. The van der Waals surface area contributed by atoms with Crippen LogP contribution in [0.5, 0.6) is 11.5 Å². The number of phenolic OH excluding ortho intramolecular Hbond substituents is 2. The molecule has 0 saturated carbocycles. The van der Waals surface area contributed by atoms with Crippen molar-refractivity contribution in [2.24, 2.45) is 0 Å². The van der Waals surface area contributed by atoms with E-state index in [4.69, 9.17) is 4.52 Å². The van der Waals surface area contributed by atoms with E-state index in [9.17, 15) is 15.0 Å². The van der Waals surface area contributed by atoms with Gasteiger partial charge in [0.2, 0.25) is 0 Å². The minimum Gasteiger partial charge on any atom is -0.508 e. The Morgan fingerprint density at radius 2 is 2.00 bits per heavy atom. The summed E-state index contributed by atoms with van der Waals surface area (Å²) in [6, 6.07) is 5.04. The van der Waals surface area contributed by atoms with Crippen LogP contribution in [0.3, 0.4) is 0 Å². The number of hydrogen-bond donors (Lipinski definition) is 3. The standard InChI is InChI=1S/C23H28N4O4/c1-5-24-23(30)21-20(14-8-15-12-26(4)6-7-27(15)11-14)22(31-25-21)17-9-16(13(2)3)18(28)10-19(17)29/h8-11,13,28-29H,5-7,12H2,1-4H3,(H,24,30). The van der Waals surface area contributed by atoms with Crippen molar-refractivity contribution in [2.45, 2.75) is 39.8 Å². The lowest BCUT2D eigenvalue weighted by Gasteiger charge is -2.24. The van der Waals surface area contributed by atoms with E-state index in [-0.39, 0.29) is 29.0 Å². The second kappa shape index (κ2) is 8.11. The van der Waals surface area contributed by atoms with E-state index in [0.29, 0.717) is 29.0 Å². The Bertz CT molecular complexity index is 1130. The lowest BCUT2D eigenvalue weighted by molar-refractivity contribution is 0.0947. The zero-order valence-electron chi connectivity index (χ0n) is 18.3. The molecule has 0 radical (unpaired) electrons. The molecule has 0 saturated heterocycles. The molecule has 4 rings (SSSR count). The molecule has 1 aromatic carbocycles. The number of carbonyl (C=O) groups excluding carboxylic acids is 1. The van der Waals surface area contributed by atoms with Gasteiger partial charge in [-0.05, 0) is 37.6 Å². The lowest BCUT2D eigenvalue weighted by atomic mass is 9.95. The fourth-order valence-electron chi connectivity index (χ4n) is 4.05. The van der Waals surface area contributed by atoms with Crippen molar-refractivity contribution in [3.8, 4) is 33.9 Å². The molecule has 1 amide bonds. The van der Waals surface area contributed by atoms with E-state index in [2.05, 4.69) is 27.0 Å². The van der Waals surface area contributed by atoms with Crippen molar-refractivity contribution in [3.05, 3.63) is 41.3 Å². The van der Waals surface area contributed by atoms with E-state index < -0.39 is 0 Å². The number of nitrogens with one attached hydrogen (secondary N) is 1. The highest BCUT2D eigenvalue weighted by Crippen LogP contribution is 2.43. The number of nitrogens with zero attached hydrogens (tertiary/aromatic N) is 3. The highest BCUT2D eigenvalue weighted by Gasteiger charge is 2.28. The van der Waals surface area contributed by atoms with Crippen molar-refractivity contribution in [2.75, 3.05) is 20.1 Å². The Labute approximate surface area is 181 Å². The van der Waals surface area contributed by atoms with Crippen LogP contribution in [0, 0.1) is 0 Å². The van der Waals surface area contributed by atoms with Gasteiger partial charge in [0.05, 0.1) is 11.1 Å². The number of fused-ring (bicyclic) bond motifs is 1. The average Bonchev–Trinajstić information content (AvgIpc) is 3.31. The molecule has 2 aromatic heterocycles. The third-order valence-corrected chi connectivity index (χ3v) is 5.69. The molecule has 0 fully saturated rings. The van der Waals surface area contributed by atoms with Gasteiger partial charge < -0.3 is 24.6 Å². The van der Waals surface area contributed by atoms with Crippen LogP contribution in [0.1, 0.15) is 48.4 Å². The predicted molar refractivity (Wildman–Crippen MR) is 117 cm³/mol. The Morgan fingerprint density at radius 1 is 1.23 bits per heavy atom. The molecule has 0 atom stereocenters. The summed E-state index contributed by atoms with van der Waals surface area (Å²) in [4.78, 5) is 15.0. The Balaban J connectivity index is 1.92. The third-order valence-electron chi connectivity index (χ3n) is 5.69. The highest BCUT2D eigenvalue weighted by atomic mass is 16.5. The molecule has 0 spiro atoms. The van der Waals surface area contributed by atoms with Crippen LogP contribution in [-0.2, 0) is 13.1 Å². The van der Waals surface area contributed by atoms with E-state index in [1.54, 1.807) is 6.07 Å². The lowest BCUT2D eigenvalue weighted by Crippen LogP contribution is -2.29. The van der Waals surface area contributed by atoms with Crippen LogP contribution >= 0.6 is 0 Å². The molecule has 0 unspecified atom stereocenters. The zero-order chi connectivity index (χ0) is 22.3. The van der Waals surface area contributed by atoms with Crippen LogP contribution in [0.25, 0.3) is 22.5 Å². The number of rotatable bonds is 5. The molecule has 3 N–H and O–H groups in total. The van der Waals surface area contributed by atoms with Crippen LogP contribution in [0.4, 0.5) is 0 Å².